The Morgan fingerprint density at radius 1 is 0.697 bits per heavy atom. The van der Waals surface area contributed by atoms with Crippen LogP contribution in [0.25, 0.3) is 0 Å². The van der Waals surface area contributed by atoms with Crippen molar-refractivity contribution in [3.8, 4) is 0 Å². The molecule has 0 rings (SSSR count). The summed E-state index contributed by atoms with van der Waals surface area (Å²) in [7, 11) is 0. The number of nitrogens with one attached hydrogen (secondary N) is 1. The average molecular weight is 466 g/mol. The van der Waals surface area contributed by atoms with Gasteiger partial charge < -0.3 is 15.5 Å². The Labute approximate surface area is 205 Å². The number of hydrogen-bond donors (Lipinski definition) is 3. The van der Waals surface area contributed by atoms with Crippen molar-refractivity contribution in [3.05, 3.63) is 24.3 Å². The number of carbonyl (C=O) groups excluding carboxylic acids is 1. The van der Waals surface area contributed by atoms with Crippen LogP contribution in [0.15, 0.2) is 24.3 Å². The van der Waals surface area contributed by atoms with Crippen molar-refractivity contribution in [3.63, 3.8) is 0 Å². The van der Waals surface area contributed by atoms with Gasteiger partial charge in [0.15, 0.2) is 0 Å². The number of rotatable bonds is 24. The lowest BCUT2D eigenvalue weighted by Crippen LogP contribution is -2.45. The van der Waals surface area contributed by atoms with Gasteiger partial charge in [-0.05, 0) is 32.1 Å². The van der Waals surface area contributed by atoms with Gasteiger partial charge in [0.1, 0.15) is 0 Å². The van der Waals surface area contributed by atoms with E-state index >= 15 is 0 Å². The second kappa shape index (κ2) is 25.5. The van der Waals surface area contributed by atoms with Gasteiger partial charge in [0.25, 0.3) is 0 Å². The molecule has 1 amide bonds. The zero-order valence-corrected chi connectivity index (χ0v) is 21.9. The van der Waals surface area contributed by atoms with E-state index in [1.165, 1.54) is 83.5 Å². The first kappa shape index (κ1) is 31.9. The van der Waals surface area contributed by atoms with E-state index in [9.17, 15) is 15.0 Å². The molecule has 0 aromatic rings. The zero-order valence-electron chi connectivity index (χ0n) is 21.9. The van der Waals surface area contributed by atoms with Gasteiger partial charge >= 0.3 is 0 Å². The maximum atomic E-state index is 12.2. The average Bonchev–Trinajstić information content (AvgIpc) is 2.82. The second-order valence-corrected chi connectivity index (χ2v) is 9.46. The minimum Gasteiger partial charge on any atom is -0.394 e. The number of carbonyl (C=O) groups is 1. The lowest BCUT2D eigenvalue weighted by molar-refractivity contribution is -0.123. The third-order valence-corrected chi connectivity index (χ3v) is 6.19. The smallest absolute Gasteiger partial charge is 0.220 e. The van der Waals surface area contributed by atoms with E-state index in [4.69, 9.17) is 0 Å². The lowest BCUT2D eigenvalue weighted by atomic mass is 10.0. The molecule has 0 spiro atoms. The second-order valence-electron chi connectivity index (χ2n) is 9.46. The molecule has 0 saturated carbocycles. The quantitative estimate of drug-likeness (QED) is 0.103. The Kier molecular flexibility index (Phi) is 24.6. The third-order valence-electron chi connectivity index (χ3n) is 6.19. The van der Waals surface area contributed by atoms with Crippen molar-refractivity contribution in [1.29, 1.82) is 0 Å². The van der Waals surface area contributed by atoms with Gasteiger partial charge in [0, 0.05) is 6.42 Å². The van der Waals surface area contributed by atoms with Crippen molar-refractivity contribution in [2.24, 2.45) is 0 Å². The number of amides is 1. The Morgan fingerprint density at radius 3 is 1.76 bits per heavy atom. The summed E-state index contributed by atoms with van der Waals surface area (Å²) < 4.78 is 0. The highest BCUT2D eigenvalue weighted by Gasteiger charge is 2.17. The van der Waals surface area contributed by atoms with Crippen molar-refractivity contribution in [2.75, 3.05) is 6.61 Å². The molecule has 4 nitrogen and oxygen atoms in total. The molecule has 33 heavy (non-hydrogen) atoms. The molecular formula is C29H55NO3. The van der Waals surface area contributed by atoms with Gasteiger partial charge in [-0.2, -0.15) is 0 Å². The molecule has 0 aliphatic heterocycles. The van der Waals surface area contributed by atoms with Crippen LogP contribution in [0.1, 0.15) is 136 Å². The van der Waals surface area contributed by atoms with Crippen LogP contribution in [-0.2, 0) is 4.79 Å². The molecular weight excluding hydrogens is 410 g/mol. The van der Waals surface area contributed by atoms with Crippen LogP contribution in [0.3, 0.4) is 0 Å². The Balaban J connectivity index is 3.76. The van der Waals surface area contributed by atoms with Crippen LogP contribution in [0.5, 0.6) is 0 Å². The standard InChI is InChI=1S/C29H55NO3/c1-3-5-7-9-11-13-15-17-19-21-23-25-29(33)30-27(26-31)28(32)24-22-20-18-16-14-12-10-8-6-4-2/h14,16,22,24,27-28,31-32H,3-13,15,17-21,23,25-26H2,1-2H3,(H,30,33)/b16-14+,24-22+. The summed E-state index contributed by atoms with van der Waals surface area (Å²) in [4.78, 5) is 12.2. The predicted molar refractivity (Wildman–Crippen MR) is 142 cm³/mol. The summed E-state index contributed by atoms with van der Waals surface area (Å²) in [6.45, 7) is 4.22. The third kappa shape index (κ3) is 22.4. The fourth-order valence-electron chi connectivity index (χ4n) is 3.95. The van der Waals surface area contributed by atoms with Crippen LogP contribution in [0, 0.1) is 0 Å². The van der Waals surface area contributed by atoms with E-state index in [0.717, 1.165) is 32.1 Å². The molecule has 0 aliphatic carbocycles. The summed E-state index contributed by atoms with van der Waals surface area (Å²) >= 11 is 0. The molecule has 2 atom stereocenters. The van der Waals surface area contributed by atoms with E-state index in [1.54, 1.807) is 6.08 Å². The first-order valence-corrected chi connectivity index (χ1v) is 14.1. The fraction of sp³-hybridized carbons (Fsp3) is 0.828. The summed E-state index contributed by atoms with van der Waals surface area (Å²) in [6.07, 6.45) is 29.6. The minimum absolute atomic E-state index is 0.0802. The van der Waals surface area contributed by atoms with Crippen LogP contribution in [-0.4, -0.2) is 34.9 Å². The van der Waals surface area contributed by atoms with Crippen LogP contribution >= 0.6 is 0 Å². The largest absolute Gasteiger partial charge is 0.394 e. The molecule has 0 bridgehead atoms. The van der Waals surface area contributed by atoms with E-state index < -0.39 is 12.1 Å². The maximum absolute atomic E-state index is 12.2. The number of unbranched alkanes of at least 4 members (excludes halogenated alkanes) is 15. The summed E-state index contributed by atoms with van der Waals surface area (Å²) in [5.74, 6) is -0.0802. The minimum atomic E-state index is -0.853. The van der Waals surface area contributed by atoms with E-state index in [-0.39, 0.29) is 12.5 Å². The molecule has 2 unspecified atom stereocenters. The van der Waals surface area contributed by atoms with Crippen LogP contribution in [0.4, 0.5) is 0 Å². The first-order chi connectivity index (χ1) is 16.2. The van der Waals surface area contributed by atoms with Crippen LogP contribution in [0.2, 0.25) is 0 Å². The van der Waals surface area contributed by atoms with Crippen molar-refractivity contribution < 1.29 is 15.0 Å². The van der Waals surface area contributed by atoms with E-state index in [0.29, 0.717) is 6.42 Å². The zero-order chi connectivity index (χ0) is 24.4. The summed E-state index contributed by atoms with van der Waals surface area (Å²) in [5, 5.41) is 22.6. The molecule has 3 N–H and O–H groups in total. The molecule has 194 valence electrons. The molecule has 0 aromatic carbocycles. The summed E-state index contributed by atoms with van der Waals surface area (Å²) in [6, 6.07) is -0.629. The summed E-state index contributed by atoms with van der Waals surface area (Å²) in [5.41, 5.74) is 0. The Bertz CT molecular complexity index is 475. The van der Waals surface area contributed by atoms with Gasteiger partial charge in [0.05, 0.1) is 18.8 Å². The molecule has 4 heteroatoms. The highest BCUT2D eigenvalue weighted by Crippen LogP contribution is 2.12. The van der Waals surface area contributed by atoms with Gasteiger partial charge in [-0.1, -0.05) is 122 Å². The molecule has 0 fully saturated rings. The topological polar surface area (TPSA) is 69.6 Å². The van der Waals surface area contributed by atoms with Crippen molar-refractivity contribution >= 4 is 5.91 Å². The lowest BCUT2D eigenvalue weighted by Gasteiger charge is -2.19. The molecule has 0 saturated heterocycles. The van der Waals surface area contributed by atoms with Crippen molar-refractivity contribution in [1.82, 2.24) is 5.32 Å². The highest BCUT2D eigenvalue weighted by atomic mass is 16.3. The van der Waals surface area contributed by atoms with Crippen molar-refractivity contribution in [2.45, 2.75) is 148 Å². The number of aliphatic hydroxyl groups is 2. The SMILES string of the molecule is CCCCCC/C=C/CC/C=C/C(O)C(CO)NC(=O)CCCCCCCCCCCCC. The van der Waals surface area contributed by atoms with Gasteiger partial charge in [-0.3, -0.25) is 4.79 Å². The van der Waals surface area contributed by atoms with E-state index in [1.807, 2.05) is 6.08 Å². The van der Waals surface area contributed by atoms with Crippen LogP contribution < -0.4 is 5.32 Å². The Hall–Kier alpha value is -1.13. The molecule has 0 aromatic heterocycles. The molecule has 0 radical (unpaired) electrons. The van der Waals surface area contributed by atoms with Gasteiger partial charge in [-0.15, -0.1) is 0 Å². The number of allylic oxidation sites excluding steroid dienone is 3. The predicted octanol–water partition coefficient (Wildman–Crippen LogP) is 7.39. The van der Waals surface area contributed by atoms with E-state index in [2.05, 4.69) is 31.3 Å². The first-order valence-electron chi connectivity index (χ1n) is 14.1. The highest BCUT2D eigenvalue weighted by molar-refractivity contribution is 5.76. The fourth-order valence-corrected chi connectivity index (χ4v) is 3.95. The number of hydrogen-bond acceptors (Lipinski definition) is 3. The number of aliphatic hydroxyl groups excluding tert-OH is 2. The van der Waals surface area contributed by atoms with Gasteiger partial charge in [0.2, 0.25) is 5.91 Å². The Morgan fingerprint density at radius 2 is 1.18 bits per heavy atom. The monoisotopic (exact) mass is 465 g/mol. The normalized spacial score (nSPS) is 13.7. The van der Waals surface area contributed by atoms with Gasteiger partial charge in [-0.25, -0.2) is 0 Å². The molecule has 0 aliphatic rings. The maximum Gasteiger partial charge on any atom is 0.220 e. The molecule has 0 heterocycles.